The van der Waals surface area contributed by atoms with E-state index in [0.29, 0.717) is 5.54 Å². The van der Waals surface area contributed by atoms with Crippen LogP contribution in [-0.2, 0) is 0 Å². The predicted octanol–water partition coefficient (Wildman–Crippen LogP) is 2.05. The third kappa shape index (κ3) is 2.29. The van der Waals surface area contributed by atoms with Gasteiger partial charge in [0.2, 0.25) is 0 Å². The lowest BCUT2D eigenvalue weighted by Gasteiger charge is -2.27. The molecule has 2 saturated heterocycles. The van der Waals surface area contributed by atoms with Gasteiger partial charge in [-0.15, -0.1) is 0 Å². The van der Waals surface area contributed by atoms with Crippen LogP contribution in [0.5, 0.6) is 0 Å². The van der Waals surface area contributed by atoms with Gasteiger partial charge in [0.05, 0.1) is 0 Å². The lowest BCUT2D eigenvalue weighted by molar-refractivity contribution is 0.341. The van der Waals surface area contributed by atoms with Crippen LogP contribution >= 0.6 is 0 Å². The lowest BCUT2D eigenvalue weighted by Crippen LogP contribution is -2.49. The van der Waals surface area contributed by atoms with Gasteiger partial charge in [-0.3, -0.25) is 0 Å². The first-order chi connectivity index (χ1) is 6.85. The highest BCUT2D eigenvalue weighted by molar-refractivity contribution is 5.07. The second-order valence-electron chi connectivity index (χ2n) is 5.11. The predicted molar refractivity (Wildman–Crippen MR) is 60.5 cm³/mol. The molecule has 2 unspecified atom stereocenters. The van der Waals surface area contributed by atoms with Crippen LogP contribution < -0.4 is 10.6 Å². The van der Waals surface area contributed by atoms with Crippen molar-refractivity contribution in [1.29, 1.82) is 0 Å². The standard InChI is InChI=1S/C12H24N2/c1-2-3-4-5-6-7-12-8-11(9-14-12)13-10-12/h11,13-14H,2-10H2,1H3. The summed E-state index contributed by atoms with van der Waals surface area (Å²) in [7, 11) is 0. The van der Waals surface area contributed by atoms with E-state index in [0.717, 1.165) is 6.04 Å². The van der Waals surface area contributed by atoms with Crippen LogP contribution in [0.25, 0.3) is 0 Å². The summed E-state index contributed by atoms with van der Waals surface area (Å²) >= 11 is 0. The average Bonchev–Trinajstić information content (AvgIpc) is 2.77. The summed E-state index contributed by atoms with van der Waals surface area (Å²) in [6, 6.07) is 0.783. The van der Waals surface area contributed by atoms with E-state index in [-0.39, 0.29) is 0 Å². The van der Waals surface area contributed by atoms with Crippen LogP contribution in [-0.4, -0.2) is 24.7 Å². The van der Waals surface area contributed by atoms with Gasteiger partial charge >= 0.3 is 0 Å². The monoisotopic (exact) mass is 196 g/mol. The Morgan fingerprint density at radius 2 is 2.07 bits per heavy atom. The molecule has 0 aliphatic carbocycles. The summed E-state index contributed by atoms with van der Waals surface area (Å²) in [5, 5.41) is 7.28. The molecular formula is C12H24N2. The molecule has 0 amide bonds. The number of rotatable bonds is 6. The highest BCUT2D eigenvalue weighted by Gasteiger charge is 2.43. The van der Waals surface area contributed by atoms with Crippen molar-refractivity contribution in [2.45, 2.75) is 63.5 Å². The molecule has 2 heteroatoms. The number of hydrogen-bond donors (Lipinski definition) is 2. The number of hydrogen-bond acceptors (Lipinski definition) is 2. The number of fused-ring (bicyclic) bond motifs is 2. The smallest absolute Gasteiger partial charge is 0.0322 e. The topological polar surface area (TPSA) is 24.1 Å². The Bertz CT molecular complexity index is 171. The Morgan fingerprint density at radius 3 is 2.64 bits per heavy atom. The van der Waals surface area contributed by atoms with Crippen molar-refractivity contribution in [3.8, 4) is 0 Å². The van der Waals surface area contributed by atoms with E-state index in [1.165, 1.54) is 58.0 Å². The van der Waals surface area contributed by atoms with Crippen LogP contribution in [0, 0.1) is 0 Å². The molecule has 2 N–H and O–H groups in total. The molecule has 2 fully saturated rings. The molecule has 82 valence electrons. The molecule has 2 heterocycles. The quantitative estimate of drug-likeness (QED) is 0.635. The van der Waals surface area contributed by atoms with E-state index in [2.05, 4.69) is 17.6 Å². The molecular weight excluding hydrogens is 172 g/mol. The van der Waals surface area contributed by atoms with E-state index in [9.17, 15) is 0 Å². The van der Waals surface area contributed by atoms with E-state index < -0.39 is 0 Å². The molecule has 2 nitrogen and oxygen atoms in total. The first kappa shape index (κ1) is 10.4. The van der Waals surface area contributed by atoms with Gasteiger partial charge in [-0.05, 0) is 12.8 Å². The van der Waals surface area contributed by atoms with Crippen molar-refractivity contribution >= 4 is 0 Å². The van der Waals surface area contributed by atoms with E-state index in [1.807, 2.05) is 0 Å². The fourth-order valence-corrected chi connectivity index (χ4v) is 2.92. The molecule has 2 aliphatic rings. The lowest BCUT2D eigenvalue weighted by atomic mass is 9.92. The first-order valence-electron chi connectivity index (χ1n) is 6.33. The van der Waals surface area contributed by atoms with Crippen LogP contribution in [0.1, 0.15) is 51.9 Å². The average molecular weight is 196 g/mol. The Morgan fingerprint density at radius 1 is 1.21 bits per heavy atom. The number of unbranched alkanes of at least 4 members (excludes halogenated alkanes) is 4. The van der Waals surface area contributed by atoms with Gasteiger partial charge in [0.1, 0.15) is 0 Å². The minimum absolute atomic E-state index is 0.497. The van der Waals surface area contributed by atoms with Gasteiger partial charge < -0.3 is 10.6 Å². The van der Waals surface area contributed by atoms with Crippen molar-refractivity contribution in [2.24, 2.45) is 0 Å². The normalized spacial score (nSPS) is 35.4. The van der Waals surface area contributed by atoms with Crippen molar-refractivity contribution in [1.82, 2.24) is 10.6 Å². The molecule has 14 heavy (non-hydrogen) atoms. The van der Waals surface area contributed by atoms with Gasteiger partial charge in [0.25, 0.3) is 0 Å². The summed E-state index contributed by atoms with van der Waals surface area (Å²) in [6.45, 7) is 4.70. The molecule has 2 bridgehead atoms. The highest BCUT2D eigenvalue weighted by Crippen LogP contribution is 2.30. The number of piperazine rings is 1. The van der Waals surface area contributed by atoms with Crippen molar-refractivity contribution in [3.63, 3.8) is 0 Å². The zero-order valence-corrected chi connectivity index (χ0v) is 9.44. The van der Waals surface area contributed by atoms with Gasteiger partial charge in [-0.1, -0.05) is 39.0 Å². The van der Waals surface area contributed by atoms with E-state index >= 15 is 0 Å². The van der Waals surface area contributed by atoms with Gasteiger partial charge in [0.15, 0.2) is 0 Å². The van der Waals surface area contributed by atoms with Crippen molar-refractivity contribution in [2.75, 3.05) is 13.1 Å². The Hall–Kier alpha value is -0.0800. The Balaban J connectivity index is 1.61. The third-order valence-corrected chi connectivity index (χ3v) is 3.85. The van der Waals surface area contributed by atoms with Crippen LogP contribution in [0.2, 0.25) is 0 Å². The van der Waals surface area contributed by atoms with Crippen LogP contribution in [0.15, 0.2) is 0 Å². The minimum Gasteiger partial charge on any atom is -0.311 e. The molecule has 0 saturated carbocycles. The summed E-state index contributed by atoms with van der Waals surface area (Å²) in [4.78, 5) is 0. The second-order valence-corrected chi connectivity index (χ2v) is 5.11. The van der Waals surface area contributed by atoms with E-state index in [4.69, 9.17) is 0 Å². The fraction of sp³-hybridized carbons (Fsp3) is 1.00. The second kappa shape index (κ2) is 4.63. The van der Waals surface area contributed by atoms with Crippen molar-refractivity contribution in [3.05, 3.63) is 0 Å². The Kier molecular flexibility index (Phi) is 3.45. The maximum absolute atomic E-state index is 3.70. The third-order valence-electron chi connectivity index (χ3n) is 3.85. The SMILES string of the molecule is CCCCCCCC12CNC(CN1)C2. The zero-order valence-electron chi connectivity index (χ0n) is 9.44. The van der Waals surface area contributed by atoms with E-state index in [1.54, 1.807) is 0 Å². The maximum atomic E-state index is 3.70. The molecule has 2 rings (SSSR count). The largest absolute Gasteiger partial charge is 0.311 e. The summed E-state index contributed by atoms with van der Waals surface area (Å²) in [5.74, 6) is 0. The summed E-state index contributed by atoms with van der Waals surface area (Å²) in [5.41, 5.74) is 0.497. The molecule has 2 atom stereocenters. The molecule has 0 aromatic rings. The molecule has 0 spiro atoms. The van der Waals surface area contributed by atoms with Crippen LogP contribution in [0.3, 0.4) is 0 Å². The fourth-order valence-electron chi connectivity index (χ4n) is 2.92. The summed E-state index contributed by atoms with van der Waals surface area (Å²) < 4.78 is 0. The van der Waals surface area contributed by atoms with Gasteiger partial charge in [-0.25, -0.2) is 0 Å². The maximum Gasteiger partial charge on any atom is 0.0322 e. The Labute approximate surface area is 87.8 Å². The van der Waals surface area contributed by atoms with Gasteiger partial charge in [0, 0.05) is 24.7 Å². The summed E-state index contributed by atoms with van der Waals surface area (Å²) in [6.07, 6.45) is 9.82. The van der Waals surface area contributed by atoms with Crippen molar-refractivity contribution < 1.29 is 0 Å². The minimum atomic E-state index is 0.497. The number of nitrogens with one attached hydrogen (secondary N) is 2. The zero-order chi connectivity index (χ0) is 9.86. The highest BCUT2D eigenvalue weighted by atomic mass is 15.2. The molecule has 0 radical (unpaired) electrons. The molecule has 0 aromatic heterocycles. The molecule has 0 aromatic carbocycles. The first-order valence-corrected chi connectivity index (χ1v) is 6.33. The molecule has 2 aliphatic heterocycles. The van der Waals surface area contributed by atoms with Crippen LogP contribution in [0.4, 0.5) is 0 Å². The van der Waals surface area contributed by atoms with Gasteiger partial charge in [-0.2, -0.15) is 0 Å².